The molecule has 0 spiro atoms. The Morgan fingerprint density at radius 1 is 1.35 bits per heavy atom. The van der Waals surface area contributed by atoms with Crippen molar-refractivity contribution < 1.29 is 4.74 Å². The number of hydrogen-bond donors (Lipinski definition) is 1. The summed E-state index contributed by atoms with van der Waals surface area (Å²) in [5.41, 5.74) is 6.17. The van der Waals surface area contributed by atoms with Crippen LogP contribution in [0.1, 0.15) is 25.7 Å². The molecule has 1 aromatic heterocycles. The van der Waals surface area contributed by atoms with E-state index in [9.17, 15) is 0 Å². The van der Waals surface area contributed by atoms with Gasteiger partial charge in [0.2, 0.25) is 5.88 Å². The average Bonchev–Trinajstić information content (AvgIpc) is 2.38. The van der Waals surface area contributed by atoms with Gasteiger partial charge in [0.05, 0.1) is 7.11 Å². The Morgan fingerprint density at radius 3 is 2.82 bits per heavy atom. The van der Waals surface area contributed by atoms with Gasteiger partial charge >= 0.3 is 0 Å². The van der Waals surface area contributed by atoms with Crippen LogP contribution < -0.4 is 15.4 Å². The molecule has 0 radical (unpaired) electrons. The zero-order chi connectivity index (χ0) is 12.3. The monoisotopic (exact) mass is 236 g/mol. The van der Waals surface area contributed by atoms with E-state index in [0.29, 0.717) is 11.9 Å². The molecule has 1 heterocycles. The number of ether oxygens (including phenoxy) is 1. The summed E-state index contributed by atoms with van der Waals surface area (Å²) in [5.74, 6) is 1.46. The van der Waals surface area contributed by atoms with E-state index in [2.05, 4.69) is 14.9 Å². The second-order valence-corrected chi connectivity index (χ2v) is 4.55. The van der Waals surface area contributed by atoms with Gasteiger partial charge < -0.3 is 15.4 Å². The Balaban J connectivity index is 2.14. The van der Waals surface area contributed by atoms with Gasteiger partial charge in [-0.3, -0.25) is 0 Å². The molecule has 0 saturated heterocycles. The van der Waals surface area contributed by atoms with Gasteiger partial charge in [-0.25, -0.2) is 9.97 Å². The summed E-state index contributed by atoms with van der Waals surface area (Å²) < 4.78 is 5.11. The Labute approximate surface area is 102 Å². The molecular weight excluding hydrogens is 216 g/mol. The smallest absolute Gasteiger partial charge is 0.218 e. The predicted octanol–water partition coefficient (Wildman–Crippen LogP) is 1.19. The summed E-state index contributed by atoms with van der Waals surface area (Å²) in [6, 6.07) is 2.44. The zero-order valence-electron chi connectivity index (χ0n) is 10.5. The number of hydrogen-bond acceptors (Lipinski definition) is 5. The maximum atomic E-state index is 6.17. The average molecular weight is 236 g/mol. The fraction of sp³-hybridized carbons (Fsp3) is 0.667. The van der Waals surface area contributed by atoms with Crippen molar-refractivity contribution in [2.75, 3.05) is 19.1 Å². The molecule has 1 aliphatic rings. The molecule has 5 nitrogen and oxygen atoms in total. The minimum absolute atomic E-state index is 0.231. The normalized spacial score (nSPS) is 24.4. The fourth-order valence-electron chi connectivity index (χ4n) is 2.43. The molecule has 1 saturated carbocycles. The number of methoxy groups -OCH3 is 1. The number of aromatic nitrogens is 2. The highest BCUT2D eigenvalue weighted by molar-refractivity contribution is 5.41. The van der Waals surface area contributed by atoms with Crippen LogP contribution >= 0.6 is 0 Å². The predicted molar refractivity (Wildman–Crippen MR) is 67.2 cm³/mol. The second-order valence-electron chi connectivity index (χ2n) is 4.55. The molecule has 5 heteroatoms. The third-order valence-electron chi connectivity index (χ3n) is 3.48. The van der Waals surface area contributed by atoms with Crippen LogP contribution in [0.3, 0.4) is 0 Å². The molecule has 94 valence electrons. The molecule has 0 aliphatic heterocycles. The van der Waals surface area contributed by atoms with Crippen LogP contribution in [0, 0.1) is 0 Å². The third-order valence-corrected chi connectivity index (χ3v) is 3.48. The number of rotatable bonds is 3. The van der Waals surface area contributed by atoms with E-state index in [-0.39, 0.29) is 6.04 Å². The molecule has 2 rings (SSSR count). The van der Waals surface area contributed by atoms with E-state index in [1.165, 1.54) is 19.2 Å². The van der Waals surface area contributed by atoms with E-state index in [0.717, 1.165) is 18.7 Å². The van der Waals surface area contributed by atoms with Crippen molar-refractivity contribution in [3.8, 4) is 5.88 Å². The molecule has 2 N–H and O–H groups in total. The summed E-state index contributed by atoms with van der Waals surface area (Å²) in [5, 5.41) is 0. The maximum absolute atomic E-state index is 6.17. The number of nitrogens with two attached hydrogens (primary N) is 1. The van der Waals surface area contributed by atoms with E-state index in [1.807, 2.05) is 13.1 Å². The van der Waals surface area contributed by atoms with Crippen LogP contribution in [0.4, 0.5) is 5.82 Å². The summed E-state index contributed by atoms with van der Waals surface area (Å²) in [4.78, 5) is 10.4. The lowest BCUT2D eigenvalue weighted by Gasteiger charge is -2.36. The first-order valence-electron chi connectivity index (χ1n) is 6.07. The molecule has 0 bridgehead atoms. The summed E-state index contributed by atoms with van der Waals surface area (Å²) in [6.45, 7) is 0. The molecule has 1 aliphatic carbocycles. The third kappa shape index (κ3) is 2.66. The van der Waals surface area contributed by atoms with E-state index < -0.39 is 0 Å². The first kappa shape index (κ1) is 12.1. The van der Waals surface area contributed by atoms with Gasteiger partial charge in [-0.05, 0) is 12.8 Å². The maximum Gasteiger partial charge on any atom is 0.218 e. The van der Waals surface area contributed by atoms with Gasteiger partial charge in [0.25, 0.3) is 0 Å². The van der Waals surface area contributed by atoms with Crippen molar-refractivity contribution in [1.29, 1.82) is 0 Å². The molecule has 2 atom stereocenters. The van der Waals surface area contributed by atoms with E-state index in [1.54, 1.807) is 7.11 Å². The Morgan fingerprint density at radius 2 is 2.12 bits per heavy atom. The van der Waals surface area contributed by atoms with Gasteiger partial charge in [-0.15, -0.1) is 0 Å². The van der Waals surface area contributed by atoms with E-state index in [4.69, 9.17) is 10.5 Å². The topological polar surface area (TPSA) is 64.3 Å². The fourth-order valence-corrected chi connectivity index (χ4v) is 2.43. The Bertz CT molecular complexity index is 371. The Kier molecular flexibility index (Phi) is 3.78. The summed E-state index contributed by atoms with van der Waals surface area (Å²) in [7, 11) is 3.65. The van der Waals surface area contributed by atoms with Crippen LogP contribution in [0.15, 0.2) is 12.4 Å². The number of anilines is 1. The highest BCUT2D eigenvalue weighted by atomic mass is 16.5. The van der Waals surface area contributed by atoms with Crippen LogP contribution in [-0.2, 0) is 0 Å². The summed E-state index contributed by atoms with van der Waals surface area (Å²) in [6.07, 6.45) is 6.23. The zero-order valence-corrected chi connectivity index (χ0v) is 10.5. The summed E-state index contributed by atoms with van der Waals surface area (Å²) >= 11 is 0. The number of nitrogens with zero attached hydrogens (tertiary/aromatic N) is 3. The molecule has 1 aromatic rings. The molecule has 17 heavy (non-hydrogen) atoms. The van der Waals surface area contributed by atoms with Gasteiger partial charge in [-0.1, -0.05) is 12.8 Å². The first-order valence-corrected chi connectivity index (χ1v) is 6.07. The lowest BCUT2D eigenvalue weighted by molar-refractivity contribution is 0.370. The number of likely N-dealkylation sites (N-methyl/N-ethyl adjacent to an activating group) is 1. The van der Waals surface area contributed by atoms with Crippen molar-refractivity contribution >= 4 is 5.82 Å². The molecule has 1 fully saturated rings. The SMILES string of the molecule is COc1cc(N(C)C2CCCCC2N)ncn1. The highest BCUT2D eigenvalue weighted by Gasteiger charge is 2.26. The van der Waals surface area contributed by atoms with Crippen LogP contribution in [0.25, 0.3) is 0 Å². The van der Waals surface area contributed by atoms with Crippen molar-refractivity contribution in [3.05, 3.63) is 12.4 Å². The Hall–Kier alpha value is -1.36. The molecule has 2 unspecified atom stereocenters. The van der Waals surface area contributed by atoms with Crippen LogP contribution in [0.2, 0.25) is 0 Å². The van der Waals surface area contributed by atoms with E-state index >= 15 is 0 Å². The van der Waals surface area contributed by atoms with Gasteiger partial charge in [0.1, 0.15) is 12.1 Å². The lowest BCUT2D eigenvalue weighted by Crippen LogP contribution is -2.48. The highest BCUT2D eigenvalue weighted by Crippen LogP contribution is 2.25. The quantitative estimate of drug-likeness (QED) is 0.854. The standard InChI is InChI=1S/C12H20N4O/c1-16(10-6-4-3-5-9(10)13)11-7-12(17-2)15-8-14-11/h7-10H,3-6,13H2,1-2H3. The van der Waals surface area contributed by atoms with Gasteiger partial charge in [0, 0.05) is 25.2 Å². The second kappa shape index (κ2) is 5.31. The van der Waals surface area contributed by atoms with Crippen LogP contribution in [-0.4, -0.2) is 36.2 Å². The largest absolute Gasteiger partial charge is 0.481 e. The van der Waals surface area contributed by atoms with Crippen molar-refractivity contribution in [3.63, 3.8) is 0 Å². The molecular formula is C12H20N4O. The first-order chi connectivity index (χ1) is 8.22. The molecule has 0 amide bonds. The minimum Gasteiger partial charge on any atom is -0.481 e. The van der Waals surface area contributed by atoms with Crippen molar-refractivity contribution in [2.45, 2.75) is 37.8 Å². The van der Waals surface area contributed by atoms with Crippen molar-refractivity contribution in [1.82, 2.24) is 9.97 Å². The van der Waals surface area contributed by atoms with Crippen molar-refractivity contribution in [2.24, 2.45) is 5.73 Å². The minimum atomic E-state index is 0.231. The molecule has 0 aromatic carbocycles. The van der Waals surface area contributed by atoms with Crippen LogP contribution in [0.5, 0.6) is 5.88 Å². The van der Waals surface area contributed by atoms with Gasteiger partial charge in [0.15, 0.2) is 0 Å². The van der Waals surface area contributed by atoms with Gasteiger partial charge in [-0.2, -0.15) is 0 Å². The lowest BCUT2D eigenvalue weighted by atomic mass is 9.90.